The summed E-state index contributed by atoms with van der Waals surface area (Å²) >= 11 is 0. The number of esters is 1. The lowest BCUT2D eigenvalue weighted by atomic mass is 9.50. The number of carbonyl (C=O) groups is 1. The lowest BCUT2D eigenvalue weighted by molar-refractivity contribution is -0.148. The van der Waals surface area contributed by atoms with Gasteiger partial charge in [0.15, 0.2) is 0 Å². The van der Waals surface area contributed by atoms with Gasteiger partial charge in [-0.1, -0.05) is 77.0 Å². The molecule has 0 bridgehead atoms. The summed E-state index contributed by atoms with van der Waals surface area (Å²) < 4.78 is 5.59. The molecule has 0 heterocycles. The van der Waals surface area contributed by atoms with Gasteiger partial charge in [0, 0.05) is 13.3 Å². The summed E-state index contributed by atoms with van der Waals surface area (Å²) in [5, 5.41) is 0. The van der Waals surface area contributed by atoms with Crippen LogP contribution in [0.3, 0.4) is 0 Å². The van der Waals surface area contributed by atoms with Gasteiger partial charge >= 0.3 is 5.97 Å². The Kier molecular flexibility index (Phi) is 6.56. The number of hydrogen-bond donors (Lipinski definition) is 0. The third-order valence-electron chi connectivity index (χ3n) is 10.3. The molecule has 3 fully saturated rings. The van der Waals surface area contributed by atoms with Crippen LogP contribution >= 0.6 is 0 Å². The molecule has 0 spiro atoms. The van der Waals surface area contributed by atoms with E-state index >= 15 is 0 Å². The summed E-state index contributed by atoms with van der Waals surface area (Å²) in [6.07, 6.45) is 18.5. The fourth-order valence-corrected chi connectivity index (χ4v) is 7.92. The van der Waals surface area contributed by atoms with Crippen molar-refractivity contribution in [3.8, 4) is 0 Å². The van der Waals surface area contributed by atoms with Gasteiger partial charge in [-0.15, -0.1) is 0 Å². The lowest BCUT2D eigenvalue weighted by Gasteiger charge is -2.55. The van der Waals surface area contributed by atoms with E-state index in [4.69, 9.17) is 4.74 Å². The molecule has 4 rings (SSSR count). The lowest BCUT2D eigenvalue weighted by Crippen LogP contribution is -2.46. The van der Waals surface area contributed by atoms with Gasteiger partial charge in [-0.2, -0.15) is 0 Å². The maximum absolute atomic E-state index is 11.5. The largest absolute Gasteiger partial charge is 0.462 e. The van der Waals surface area contributed by atoms with Crippen LogP contribution in [0.4, 0.5) is 0 Å². The van der Waals surface area contributed by atoms with E-state index < -0.39 is 0 Å². The molecule has 0 aromatic carbocycles. The Morgan fingerprint density at radius 3 is 2.44 bits per heavy atom. The number of rotatable bonds is 5. The van der Waals surface area contributed by atoms with Gasteiger partial charge in [-0.3, -0.25) is 4.79 Å². The van der Waals surface area contributed by atoms with E-state index in [9.17, 15) is 4.79 Å². The number of allylic oxidation sites excluding steroid dienone is 5. The molecule has 3 saturated carbocycles. The predicted molar refractivity (Wildman–Crippen MR) is 133 cm³/mol. The zero-order valence-corrected chi connectivity index (χ0v) is 21.6. The predicted octanol–water partition coefficient (Wildman–Crippen LogP) is 7.90. The van der Waals surface area contributed by atoms with Crippen LogP contribution in [0, 0.1) is 46.3 Å². The van der Waals surface area contributed by atoms with Gasteiger partial charge in [-0.25, -0.2) is 0 Å². The van der Waals surface area contributed by atoms with Crippen LogP contribution in [0.2, 0.25) is 0 Å². The van der Waals surface area contributed by atoms with Crippen LogP contribution in [0.25, 0.3) is 0 Å². The second-order valence-corrected chi connectivity index (χ2v) is 12.4. The molecule has 0 N–H and O–H groups in total. The first kappa shape index (κ1) is 23.8. The maximum atomic E-state index is 11.5. The van der Waals surface area contributed by atoms with Crippen molar-refractivity contribution in [1.82, 2.24) is 0 Å². The van der Waals surface area contributed by atoms with Gasteiger partial charge in [0.25, 0.3) is 0 Å². The van der Waals surface area contributed by atoms with Crippen molar-refractivity contribution < 1.29 is 9.53 Å². The fourth-order valence-electron chi connectivity index (χ4n) is 7.92. The number of fused-ring (bicyclic) bond motifs is 5. The van der Waals surface area contributed by atoms with Crippen molar-refractivity contribution in [2.45, 2.75) is 99.5 Å². The molecule has 2 nitrogen and oxygen atoms in total. The van der Waals surface area contributed by atoms with Gasteiger partial charge in [0.1, 0.15) is 6.10 Å². The Hall–Kier alpha value is -1.31. The first-order valence-corrected chi connectivity index (χ1v) is 13.3. The Balaban J connectivity index is 1.54. The monoisotopic (exact) mass is 438 g/mol. The first-order chi connectivity index (χ1) is 15.1. The van der Waals surface area contributed by atoms with Crippen LogP contribution in [0.15, 0.2) is 35.5 Å². The minimum atomic E-state index is -0.136. The molecule has 0 aromatic heterocycles. The van der Waals surface area contributed by atoms with Gasteiger partial charge < -0.3 is 4.74 Å². The Bertz CT molecular complexity index is 817. The Morgan fingerprint density at radius 2 is 1.75 bits per heavy atom. The number of hydrogen-bond acceptors (Lipinski definition) is 2. The van der Waals surface area contributed by atoms with Crippen molar-refractivity contribution in [2.75, 3.05) is 0 Å². The molecule has 0 saturated heterocycles. The summed E-state index contributed by atoms with van der Waals surface area (Å²) in [4.78, 5) is 11.5. The molecule has 0 radical (unpaired) electrons. The molecule has 178 valence electrons. The summed E-state index contributed by atoms with van der Waals surface area (Å²) in [6, 6.07) is 0. The molecular weight excluding hydrogens is 392 g/mol. The standard InChI is InChI=1S/C30H46O2/c1-19(2)20(3)8-9-21(4)26-12-13-27-25-11-10-23-18-24(32-22(5)31)14-16-29(23,6)28(25)15-17-30(26,27)7/h8-11,19-21,24,26-28H,12-18H2,1-7H3/b9-8+/t20-,21+,24+,26+,27-,28-,29+,30+/m0/s1. The summed E-state index contributed by atoms with van der Waals surface area (Å²) in [5.41, 5.74) is 3.98. The molecule has 4 aliphatic carbocycles. The molecule has 0 aromatic rings. The van der Waals surface area contributed by atoms with E-state index in [0.717, 1.165) is 31.1 Å². The van der Waals surface area contributed by atoms with E-state index in [1.54, 1.807) is 12.5 Å². The second-order valence-electron chi connectivity index (χ2n) is 12.4. The number of carbonyl (C=O) groups excluding carboxylic acids is 1. The quantitative estimate of drug-likeness (QED) is 0.322. The third kappa shape index (κ3) is 4.05. The van der Waals surface area contributed by atoms with Gasteiger partial charge in [0.2, 0.25) is 0 Å². The highest BCUT2D eigenvalue weighted by Gasteiger charge is 2.56. The fraction of sp³-hybridized carbons (Fsp3) is 0.767. The maximum Gasteiger partial charge on any atom is 0.302 e. The van der Waals surface area contributed by atoms with Crippen LogP contribution in [0.5, 0.6) is 0 Å². The van der Waals surface area contributed by atoms with E-state index in [1.807, 2.05) is 0 Å². The average molecular weight is 439 g/mol. The Morgan fingerprint density at radius 1 is 1.00 bits per heavy atom. The first-order valence-electron chi connectivity index (χ1n) is 13.3. The Labute approximate surface area is 197 Å². The zero-order chi connectivity index (χ0) is 23.3. The van der Waals surface area contributed by atoms with Crippen LogP contribution in [-0.2, 0) is 9.53 Å². The molecule has 2 heteroatoms. The molecule has 0 amide bonds. The molecule has 8 atom stereocenters. The third-order valence-corrected chi connectivity index (χ3v) is 10.3. The van der Waals surface area contributed by atoms with Crippen LogP contribution in [0.1, 0.15) is 93.4 Å². The normalized spacial score (nSPS) is 40.8. The smallest absolute Gasteiger partial charge is 0.302 e. The summed E-state index contributed by atoms with van der Waals surface area (Å²) in [7, 11) is 0. The van der Waals surface area contributed by atoms with Crippen LogP contribution in [-0.4, -0.2) is 12.1 Å². The topological polar surface area (TPSA) is 26.3 Å². The van der Waals surface area contributed by atoms with E-state index in [1.165, 1.54) is 31.3 Å². The second kappa shape index (κ2) is 8.80. The summed E-state index contributed by atoms with van der Waals surface area (Å²) in [5.74, 6) is 4.11. The highest BCUT2D eigenvalue weighted by molar-refractivity contribution is 5.66. The molecular formula is C30H46O2. The van der Waals surface area contributed by atoms with E-state index in [0.29, 0.717) is 29.1 Å². The molecule has 32 heavy (non-hydrogen) atoms. The molecule has 4 aliphatic rings. The number of ether oxygens (including phenoxy) is 1. The minimum absolute atomic E-state index is 0.0763. The van der Waals surface area contributed by atoms with Crippen LogP contribution < -0.4 is 0 Å². The average Bonchev–Trinajstić information content (AvgIpc) is 3.08. The van der Waals surface area contributed by atoms with Gasteiger partial charge in [-0.05, 0) is 84.9 Å². The molecule has 0 unspecified atom stereocenters. The summed E-state index contributed by atoms with van der Waals surface area (Å²) in [6.45, 7) is 16.1. The highest BCUT2D eigenvalue weighted by atomic mass is 16.5. The van der Waals surface area contributed by atoms with Gasteiger partial charge in [0.05, 0.1) is 0 Å². The van der Waals surface area contributed by atoms with E-state index in [-0.39, 0.29) is 17.5 Å². The van der Waals surface area contributed by atoms with Crippen molar-refractivity contribution in [2.24, 2.45) is 46.3 Å². The highest BCUT2D eigenvalue weighted by Crippen LogP contribution is 2.66. The zero-order valence-electron chi connectivity index (χ0n) is 21.6. The van der Waals surface area contributed by atoms with Crippen molar-refractivity contribution in [3.05, 3.63) is 35.5 Å². The van der Waals surface area contributed by atoms with Crippen molar-refractivity contribution >= 4 is 5.97 Å². The van der Waals surface area contributed by atoms with Crippen molar-refractivity contribution in [3.63, 3.8) is 0 Å². The SMILES string of the molecule is CC(=O)O[C@@H]1CC[C@]2(C)C(=CC=C3[C@@H]4CC[C@H]([C@H](C)/C=C/[C@H](C)C(C)C)[C@@]4(C)CC[C@@H]32)C1. The minimum Gasteiger partial charge on any atom is -0.462 e. The van der Waals surface area contributed by atoms with E-state index in [2.05, 4.69) is 65.8 Å². The molecule has 0 aliphatic heterocycles. The van der Waals surface area contributed by atoms with Crippen molar-refractivity contribution in [1.29, 1.82) is 0 Å².